The Morgan fingerprint density at radius 3 is 2.44 bits per heavy atom. The first-order valence-corrected chi connectivity index (χ1v) is 17.7. The number of hydrogen-bond acceptors (Lipinski definition) is 7. The van der Waals surface area contributed by atoms with Gasteiger partial charge in [-0.3, -0.25) is 14.4 Å². The van der Waals surface area contributed by atoms with Gasteiger partial charge < -0.3 is 22.9 Å². The van der Waals surface area contributed by atoms with Crippen molar-refractivity contribution in [1.29, 1.82) is 0 Å². The predicted octanol–water partition coefficient (Wildman–Crippen LogP) is 2.96. The first-order chi connectivity index (χ1) is 14.8. The molecule has 174 valence electrons. The highest BCUT2D eigenvalue weighted by Crippen LogP contribution is 2.62. The van der Waals surface area contributed by atoms with Gasteiger partial charge >= 0.3 is 5.97 Å². The van der Waals surface area contributed by atoms with Gasteiger partial charge in [0.1, 0.15) is 11.3 Å². The molecule has 0 unspecified atom stereocenters. The molecule has 0 saturated carbocycles. The average molecular weight is 478 g/mol. The van der Waals surface area contributed by atoms with Gasteiger partial charge in [-0.25, -0.2) is 0 Å². The maximum atomic E-state index is 13.8. The maximum Gasteiger partial charge on any atom is 0.325 e. The fourth-order valence-electron chi connectivity index (χ4n) is 5.44. The number of amides is 1. The van der Waals surface area contributed by atoms with Crippen LogP contribution in [-0.2, 0) is 39.9 Å². The van der Waals surface area contributed by atoms with Gasteiger partial charge in [-0.1, -0.05) is 0 Å². The number of furan rings is 1. The molecule has 1 aliphatic carbocycles. The fourth-order valence-corrected chi connectivity index (χ4v) is 7.37. The molecule has 0 N–H and O–H groups in total. The van der Waals surface area contributed by atoms with Crippen molar-refractivity contribution >= 4 is 34.3 Å². The van der Waals surface area contributed by atoms with Gasteiger partial charge in [0.15, 0.2) is 13.7 Å². The fraction of sp³-hybridized carbons (Fsp3) is 0.591. The summed E-state index contributed by atoms with van der Waals surface area (Å²) in [7, 11) is -3.09. The molecule has 10 heteroatoms. The normalized spacial score (nSPS) is 29.8. The minimum Gasteiger partial charge on any atom is -0.547 e. The summed E-state index contributed by atoms with van der Waals surface area (Å²) >= 11 is 0. The lowest BCUT2D eigenvalue weighted by Gasteiger charge is -2.53. The maximum absolute atomic E-state index is 13.8. The molecule has 3 heterocycles. The van der Waals surface area contributed by atoms with Crippen LogP contribution in [-0.4, -0.2) is 59.0 Å². The molecular formula is C22H31NO7Si2. The monoisotopic (exact) mass is 477 g/mol. The highest BCUT2D eigenvalue weighted by Gasteiger charge is 2.79. The third kappa shape index (κ3) is 3.06. The van der Waals surface area contributed by atoms with Gasteiger partial charge in [0.2, 0.25) is 14.1 Å². The van der Waals surface area contributed by atoms with Crippen molar-refractivity contribution in [2.75, 3.05) is 13.7 Å². The zero-order valence-corrected chi connectivity index (χ0v) is 21.7. The Balaban J connectivity index is 2.07. The van der Waals surface area contributed by atoms with E-state index < -0.39 is 51.4 Å². The summed E-state index contributed by atoms with van der Waals surface area (Å²) in [5.74, 6) is -0.940. The van der Waals surface area contributed by atoms with Gasteiger partial charge in [-0.05, 0) is 51.4 Å². The minimum absolute atomic E-state index is 0.182. The first kappa shape index (κ1) is 23.0. The van der Waals surface area contributed by atoms with Crippen LogP contribution in [0.3, 0.4) is 0 Å². The van der Waals surface area contributed by atoms with Crippen LogP contribution in [0.25, 0.3) is 0 Å². The van der Waals surface area contributed by atoms with Crippen molar-refractivity contribution in [2.45, 2.75) is 63.8 Å². The molecule has 8 nitrogen and oxygen atoms in total. The van der Waals surface area contributed by atoms with Crippen molar-refractivity contribution in [2.24, 2.45) is 5.41 Å². The van der Waals surface area contributed by atoms with Crippen LogP contribution >= 0.6 is 0 Å². The van der Waals surface area contributed by atoms with Gasteiger partial charge in [-0.15, -0.1) is 0 Å². The second-order valence-corrected chi connectivity index (χ2v) is 19.5. The quantitative estimate of drug-likeness (QED) is 0.278. The van der Waals surface area contributed by atoms with E-state index >= 15 is 0 Å². The third-order valence-corrected chi connectivity index (χ3v) is 8.12. The minimum atomic E-state index is -2.29. The standard InChI is InChI=1S/C22H31NO7Si2/c1-27-20(26)22-17(30-32(5,6)7)12-14(29-31(2,3)4)13-21(22)15-9-11-28-16(15)8-10-23(21)19(25)18(22)24/h9,11-12,17H,8,10,13H2,1-7H3/t17-,21+,22-/m0/s1. The Labute approximate surface area is 190 Å². The molecular weight excluding hydrogens is 446 g/mol. The molecule has 0 radical (unpaired) electrons. The zero-order valence-electron chi connectivity index (χ0n) is 19.7. The van der Waals surface area contributed by atoms with Crippen LogP contribution in [0.4, 0.5) is 0 Å². The molecule has 1 amide bonds. The van der Waals surface area contributed by atoms with E-state index in [1.54, 1.807) is 18.4 Å². The Hall–Kier alpha value is -2.18. The van der Waals surface area contributed by atoms with E-state index in [0.717, 1.165) is 0 Å². The van der Waals surface area contributed by atoms with Gasteiger partial charge in [-0.2, -0.15) is 0 Å². The van der Waals surface area contributed by atoms with Crippen LogP contribution in [0.15, 0.2) is 28.6 Å². The Bertz CT molecular complexity index is 1020. The van der Waals surface area contributed by atoms with Gasteiger partial charge in [0.25, 0.3) is 5.91 Å². The number of fused-ring (bicyclic) bond motifs is 1. The molecule has 4 rings (SSSR count). The van der Waals surface area contributed by atoms with Gasteiger partial charge in [0, 0.05) is 24.9 Å². The summed E-state index contributed by atoms with van der Waals surface area (Å²) in [6.07, 6.45) is 2.94. The van der Waals surface area contributed by atoms with E-state index in [2.05, 4.69) is 19.6 Å². The third-order valence-electron chi connectivity index (χ3n) is 6.28. The zero-order chi connectivity index (χ0) is 23.7. The number of carbonyl (C=O) groups is 3. The van der Waals surface area contributed by atoms with Crippen molar-refractivity contribution in [1.82, 2.24) is 4.90 Å². The Kier molecular flexibility index (Phi) is 5.15. The number of ketones is 1. The SMILES string of the molecule is COC(=O)[C@]12C(=O)C(=O)N3CCc4occc4[C@@]31CC(O[Si](C)(C)C)=C[C@@H]2O[Si](C)(C)C. The van der Waals surface area contributed by atoms with Crippen LogP contribution < -0.4 is 0 Å². The lowest BCUT2D eigenvalue weighted by molar-refractivity contribution is -0.173. The van der Waals surface area contributed by atoms with Crippen molar-refractivity contribution < 1.29 is 32.4 Å². The number of esters is 1. The lowest BCUT2D eigenvalue weighted by atomic mass is 9.57. The van der Waals surface area contributed by atoms with Crippen LogP contribution in [0.5, 0.6) is 0 Å². The molecule has 0 aromatic carbocycles. The van der Waals surface area contributed by atoms with E-state index in [9.17, 15) is 14.4 Å². The molecule has 1 aromatic rings. The number of methoxy groups -OCH3 is 1. The van der Waals surface area contributed by atoms with Crippen LogP contribution in [0, 0.1) is 5.41 Å². The molecule has 3 atom stereocenters. The largest absolute Gasteiger partial charge is 0.547 e. The second-order valence-electron chi connectivity index (χ2n) is 10.6. The summed E-state index contributed by atoms with van der Waals surface area (Å²) < 4.78 is 23.8. The molecule has 1 saturated heterocycles. The highest BCUT2D eigenvalue weighted by molar-refractivity contribution is 6.70. The summed E-state index contributed by atoms with van der Waals surface area (Å²) in [5.41, 5.74) is -2.53. The number of rotatable bonds is 5. The molecule has 2 aliphatic heterocycles. The smallest absolute Gasteiger partial charge is 0.325 e. The number of nitrogens with zero attached hydrogens (tertiary/aromatic N) is 1. The molecule has 0 bridgehead atoms. The number of Topliss-reactive ketones (excluding diaryl/α,β-unsaturated/α-hetero) is 1. The first-order valence-electron chi connectivity index (χ1n) is 10.9. The summed E-state index contributed by atoms with van der Waals surface area (Å²) in [6, 6.07) is 1.76. The Morgan fingerprint density at radius 2 is 1.84 bits per heavy atom. The molecule has 1 spiro atoms. The van der Waals surface area contributed by atoms with Crippen molar-refractivity contribution in [3.63, 3.8) is 0 Å². The van der Waals surface area contributed by atoms with Crippen LogP contribution in [0.1, 0.15) is 17.7 Å². The summed E-state index contributed by atoms with van der Waals surface area (Å²) in [6.45, 7) is 12.4. The van der Waals surface area contributed by atoms with E-state index in [0.29, 0.717) is 23.5 Å². The van der Waals surface area contributed by atoms with E-state index in [1.165, 1.54) is 12.0 Å². The topological polar surface area (TPSA) is 95.3 Å². The lowest BCUT2D eigenvalue weighted by Crippen LogP contribution is -2.66. The average Bonchev–Trinajstić information content (AvgIpc) is 3.20. The van der Waals surface area contributed by atoms with E-state index in [1.807, 2.05) is 19.6 Å². The van der Waals surface area contributed by atoms with Crippen molar-refractivity contribution in [3.8, 4) is 0 Å². The number of ether oxygens (including phenoxy) is 1. The Morgan fingerprint density at radius 1 is 1.16 bits per heavy atom. The predicted molar refractivity (Wildman–Crippen MR) is 121 cm³/mol. The molecule has 1 aromatic heterocycles. The molecule has 3 aliphatic rings. The number of hydrogen-bond donors (Lipinski definition) is 0. The summed E-state index contributed by atoms with van der Waals surface area (Å²) in [4.78, 5) is 42.3. The molecule has 32 heavy (non-hydrogen) atoms. The summed E-state index contributed by atoms with van der Waals surface area (Å²) in [5, 5.41) is 0. The molecule has 1 fully saturated rings. The second kappa shape index (κ2) is 7.16. The highest BCUT2D eigenvalue weighted by atomic mass is 28.4. The number of carbonyl (C=O) groups excluding carboxylic acids is 3. The van der Waals surface area contributed by atoms with E-state index in [4.69, 9.17) is 18.0 Å². The van der Waals surface area contributed by atoms with Crippen LogP contribution in [0.2, 0.25) is 39.3 Å². The van der Waals surface area contributed by atoms with Crippen molar-refractivity contribution in [3.05, 3.63) is 35.5 Å². The van der Waals surface area contributed by atoms with Gasteiger partial charge in [0.05, 0.1) is 25.2 Å². The van der Waals surface area contributed by atoms with E-state index in [-0.39, 0.29) is 13.0 Å².